The van der Waals surface area contributed by atoms with Crippen LogP contribution in [0.15, 0.2) is 59.3 Å². The molecule has 3 heteroatoms. The Morgan fingerprint density at radius 3 is 1.92 bits per heavy atom. The number of carbonyl (C=O) groups excluding carboxylic acids is 1. The van der Waals surface area contributed by atoms with Gasteiger partial charge in [-0.05, 0) is 57.0 Å². The zero-order chi connectivity index (χ0) is 19.7. The van der Waals surface area contributed by atoms with Crippen molar-refractivity contribution in [2.75, 3.05) is 0 Å². The van der Waals surface area contributed by atoms with Gasteiger partial charge in [-0.2, -0.15) is 0 Å². The largest absolute Gasteiger partial charge is 0.411 e. The van der Waals surface area contributed by atoms with Gasteiger partial charge in [0.1, 0.15) is 6.29 Å². The lowest BCUT2D eigenvalue weighted by molar-refractivity contribution is -0.104. The zero-order valence-electron chi connectivity index (χ0n) is 17.5. The van der Waals surface area contributed by atoms with Gasteiger partial charge in [0, 0.05) is 0 Å². The van der Waals surface area contributed by atoms with Crippen LogP contribution in [0.2, 0.25) is 18.1 Å². The normalized spacial score (nSPS) is 16.8. The molecule has 0 fully saturated rings. The molecule has 1 atom stereocenters. The fourth-order valence-electron chi connectivity index (χ4n) is 1.71. The second-order valence-corrected chi connectivity index (χ2v) is 12.9. The molecule has 0 aromatic carbocycles. The van der Waals surface area contributed by atoms with Crippen LogP contribution < -0.4 is 0 Å². The first kappa shape index (κ1) is 23.5. The molecule has 0 aliphatic carbocycles. The lowest BCUT2D eigenvalue weighted by Gasteiger charge is -2.38. The van der Waals surface area contributed by atoms with Gasteiger partial charge in [-0.15, -0.1) is 0 Å². The van der Waals surface area contributed by atoms with Crippen LogP contribution in [0.3, 0.4) is 0 Å². The molecule has 25 heavy (non-hydrogen) atoms. The lowest BCUT2D eigenvalue weighted by Crippen LogP contribution is -2.43. The Kier molecular flexibility index (Phi) is 9.91. The first-order valence-corrected chi connectivity index (χ1v) is 11.8. The Hall–Kier alpha value is -1.45. The van der Waals surface area contributed by atoms with Gasteiger partial charge in [-0.1, -0.05) is 68.9 Å². The van der Waals surface area contributed by atoms with E-state index in [-0.39, 0.29) is 11.1 Å². The summed E-state index contributed by atoms with van der Waals surface area (Å²) in [6.45, 7) is 19.4. The first-order valence-electron chi connectivity index (χ1n) is 8.90. The highest BCUT2D eigenvalue weighted by Gasteiger charge is 2.38. The van der Waals surface area contributed by atoms with Crippen molar-refractivity contribution in [3.63, 3.8) is 0 Å². The van der Waals surface area contributed by atoms with Crippen LogP contribution in [0.25, 0.3) is 0 Å². The molecule has 0 spiro atoms. The third kappa shape index (κ3) is 9.56. The molecule has 0 heterocycles. The molecule has 0 saturated carbocycles. The summed E-state index contributed by atoms with van der Waals surface area (Å²) in [5, 5.41) is 0.222. The van der Waals surface area contributed by atoms with E-state index in [1.165, 1.54) is 5.57 Å². The minimum absolute atomic E-state index is 0.131. The summed E-state index contributed by atoms with van der Waals surface area (Å²) in [7, 11) is -1.74. The van der Waals surface area contributed by atoms with Gasteiger partial charge in [0.15, 0.2) is 8.32 Å². The quantitative estimate of drug-likeness (QED) is 0.212. The average Bonchev–Trinajstić information content (AvgIpc) is 2.49. The van der Waals surface area contributed by atoms with Crippen molar-refractivity contribution in [3.05, 3.63) is 59.3 Å². The highest BCUT2D eigenvalue weighted by Crippen LogP contribution is 2.37. The topological polar surface area (TPSA) is 26.3 Å². The van der Waals surface area contributed by atoms with Crippen molar-refractivity contribution >= 4 is 14.6 Å². The zero-order valence-corrected chi connectivity index (χ0v) is 18.5. The molecule has 0 aromatic rings. The summed E-state index contributed by atoms with van der Waals surface area (Å²) < 4.78 is 6.41. The number of hydrogen-bond donors (Lipinski definition) is 0. The van der Waals surface area contributed by atoms with E-state index < -0.39 is 8.32 Å². The molecule has 0 bridgehead atoms. The fraction of sp³-hybridized carbons (Fsp3) is 0.500. The molecule has 0 N–H and O–H groups in total. The van der Waals surface area contributed by atoms with Crippen molar-refractivity contribution in [1.29, 1.82) is 0 Å². The maximum atomic E-state index is 10.5. The van der Waals surface area contributed by atoms with E-state index in [0.29, 0.717) is 5.57 Å². The standard InChI is InChI=1S/C22H36O2Si/c1-18(13-10-11-14-19(2)17-23)15-12-16-20(3)21(4)24-25(8,9)22(5,6)7/h10-17,21H,1-9H3/b11-10+,15-12-,18-13-,19-14+,20-16+. The van der Waals surface area contributed by atoms with Crippen LogP contribution in [-0.2, 0) is 9.22 Å². The summed E-state index contributed by atoms with van der Waals surface area (Å²) in [5.74, 6) is 0. The van der Waals surface area contributed by atoms with Crippen LogP contribution >= 0.6 is 0 Å². The predicted octanol–water partition coefficient (Wildman–Crippen LogP) is 6.55. The minimum Gasteiger partial charge on any atom is -0.411 e. The Morgan fingerprint density at radius 2 is 1.44 bits per heavy atom. The summed E-state index contributed by atoms with van der Waals surface area (Å²) in [4.78, 5) is 10.5. The smallest absolute Gasteiger partial charge is 0.192 e. The van der Waals surface area contributed by atoms with Crippen molar-refractivity contribution < 1.29 is 9.22 Å². The van der Waals surface area contributed by atoms with E-state index in [1.807, 2.05) is 18.2 Å². The number of hydrogen-bond acceptors (Lipinski definition) is 2. The Balaban J connectivity index is 4.79. The van der Waals surface area contributed by atoms with E-state index in [9.17, 15) is 4.79 Å². The molecule has 0 aromatic heterocycles. The third-order valence-corrected chi connectivity index (χ3v) is 9.21. The molecule has 2 nitrogen and oxygen atoms in total. The summed E-state index contributed by atoms with van der Waals surface area (Å²) in [6.07, 6.45) is 14.9. The van der Waals surface area contributed by atoms with Gasteiger partial charge in [0.05, 0.1) is 6.10 Å². The van der Waals surface area contributed by atoms with E-state index in [0.717, 1.165) is 11.9 Å². The van der Waals surface area contributed by atoms with Crippen molar-refractivity contribution in [2.45, 2.75) is 72.7 Å². The van der Waals surface area contributed by atoms with Crippen LogP contribution in [0.5, 0.6) is 0 Å². The number of carbonyl (C=O) groups is 1. The molecule has 1 unspecified atom stereocenters. The van der Waals surface area contributed by atoms with Crippen LogP contribution in [0.1, 0.15) is 48.5 Å². The highest BCUT2D eigenvalue weighted by atomic mass is 28.4. The van der Waals surface area contributed by atoms with Gasteiger partial charge >= 0.3 is 0 Å². The van der Waals surface area contributed by atoms with Gasteiger partial charge in [0.25, 0.3) is 0 Å². The van der Waals surface area contributed by atoms with Gasteiger partial charge in [-0.3, -0.25) is 4.79 Å². The Bertz CT molecular complexity index is 582. The molecular formula is C22H36O2Si. The summed E-state index contributed by atoms with van der Waals surface area (Å²) in [6, 6.07) is 0. The van der Waals surface area contributed by atoms with E-state index in [1.54, 1.807) is 13.0 Å². The Morgan fingerprint density at radius 1 is 0.920 bits per heavy atom. The molecule has 0 saturated heterocycles. The molecule has 140 valence electrons. The van der Waals surface area contributed by atoms with Gasteiger partial charge < -0.3 is 4.43 Å². The first-order chi connectivity index (χ1) is 11.4. The molecule has 0 radical (unpaired) electrons. The maximum Gasteiger partial charge on any atom is 0.192 e. The molecular weight excluding hydrogens is 324 g/mol. The average molecular weight is 361 g/mol. The van der Waals surface area contributed by atoms with Crippen LogP contribution in [0, 0.1) is 0 Å². The number of rotatable bonds is 8. The van der Waals surface area contributed by atoms with Gasteiger partial charge in [-0.25, -0.2) is 0 Å². The SMILES string of the molecule is CC(/C=C\C=C(/C)C(C)O[Si](C)(C)C(C)(C)C)=C/C=C/C=C(\C)C=O. The van der Waals surface area contributed by atoms with Crippen molar-refractivity contribution in [2.24, 2.45) is 0 Å². The van der Waals surface area contributed by atoms with Crippen LogP contribution in [0.4, 0.5) is 0 Å². The second-order valence-electron chi connectivity index (χ2n) is 8.11. The van der Waals surface area contributed by atoms with Crippen LogP contribution in [-0.4, -0.2) is 20.7 Å². The number of allylic oxidation sites excluding steroid dienone is 9. The summed E-state index contributed by atoms with van der Waals surface area (Å²) >= 11 is 0. The monoisotopic (exact) mass is 360 g/mol. The minimum atomic E-state index is -1.74. The van der Waals surface area contributed by atoms with E-state index in [4.69, 9.17) is 4.43 Å². The highest BCUT2D eigenvalue weighted by molar-refractivity contribution is 6.74. The Labute approximate surface area is 156 Å². The molecule has 0 aliphatic rings. The molecule has 0 amide bonds. The molecule has 0 rings (SSSR count). The second kappa shape index (κ2) is 10.5. The third-order valence-electron chi connectivity index (χ3n) is 4.65. The van der Waals surface area contributed by atoms with Gasteiger partial charge in [0.2, 0.25) is 0 Å². The fourth-order valence-corrected chi connectivity index (χ4v) is 3.13. The predicted molar refractivity (Wildman–Crippen MR) is 113 cm³/mol. The maximum absolute atomic E-state index is 10.5. The lowest BCUT2D eigenvalue weighted by atomic mass is 10.1. The summed E-state index contributed by atoms with van der Waals surface area (Å²) in [5.41, 5.74) is 3.09. The molecule has 0 aliphatic heterocycles. The van der Waals surface area contributed by atoms with Crippen molar-refractivity contribution in [1.82, 2.24) is 0 Å². The number of aldehydes is 1. The van der Waals surface area contributed by atoms with Crippen molar-refractivity contribution in [3.8, 4) is 0 Å². The van der Waals surface area contributed by atoms with E-state index in [2.05, 4.69) is 72.9 Å². The van der Waals surface area contributed by atoms with E-state index >= 15 is 0 Å².